The van der Waals surface area contributed by atoms with Gasteiger partial charge in [-0.1, -0.05) is 18.3 Å². The normalized spacial score (nSPS) is 20.2. The van der Waals surface area contributed by atoms with E-state index in [1.54, 1.807) is 0 Å². The van der Waals surface area contributed by atoms with Crippen molar-refractivity contribution >= 4 is 22.7 Å². The molecule has 1 aliphatic rings. The Morgan fingerprint density at radius 1 is 1.50 bits per heavy atom. The summed E-state index contributed by atoms with van der Waals surface area (Å²) in [6, 6.07) is 0. The number of carbonyl (C=O) groups is 2. The van der Waals surface area contributed by atoms with Gasteiger partial charge in [0.2, 0.25) is 5.12 Å². The van der Waals surface area contributed by atoms with Gasteiger partial charge in [-0.2, -0.15) is 0 Å². The van der Waals surface area contributed by atoms with Gasteiger partial charge in [-0.3, -0.25) is 9.59 Å². The number of Topliss-reactive ketones (excluding diaryl/α,β-unsaturated/α-hetero) is 1. The monoisotopic (exact) mass is 128 g/mol. The molecule has 1 fully saturated rings. The second-order valence-corrected chi connectivity index (χ2v) is 2.43. The minimum Gasteiger partial charge on any atom is -0.293 e. The fraction of sp³-hybridized carbons (Fsp3) is 0.200. The first-order valence-corrected chi connectivity index (χ1v) is 3.09. The van der Waals surface area contributed by atoms with Crippen LogP contribution in [-0.4, -0.2) is 16.7 Å². The van der Waals surface area contributed by atoms with Crippen LogP contribution in [0.15, 0.2) is 12.2 Å². The number of carbonyl (C=O) groups excluding carboxylic acids is 2. The summed E-state index contributed by atoms with van der Waals surface area (Å²) in [5.41, 5.74) is 0.148. The molecule has 0 saturated carbocycles. The molecule has 1 saturated heterocycles. The van der Waals surface area contributed by atoms with E-state index in [1.807, 2.05) is 0 Å². The lowest BCUT2D eigenvalue weighted by Crippen LogP contribution is -1.97. The van der Waals surface area contributed by atoms with Gasteiger partial charge in [-0.15, -0.1) is 0 Å². The largest absolute Gasteiger partial charge is 0.293 e. The first kappa shape index (κ1) is 5.56. The molecule has 0 aliphatic carbocycles. The molecule has 1 rings (SSSR count). The van der Waals surface area contributed by atoms with Crippen molar-refractivity contribution in [3.63, 3.8) is 0 Å². The van der Waals surface area contributed by atoms with Gasteiger partial charge in [0, 0.05) is 0 Å². The van der Waals surface area contributed by atoms with Crippen molar-refractivity contribution in [3.05, 3.63) is 12.2 Å². The van der Waals surface area contributed by atoms with Crippen molar-refractivity contribution in [3.8, 4) is 0 Å². The van der Waals surface area contributed by atoms with Crippen molar-refractivity contribution in [1.82, 2.24) is 0 Å². The Bertz CT molecular complexity index is 153. The second kappa shape index (κ2) is 1.74. The van der Waals surface area contributed by atoms with Crippen LogP contribution in [0.25, 0.3) is 0 Å². The molecule has 0 atom stereocenters. The third-order valence-corrected chi connectivity index (χ3v) is 1.83. The van der Waals surface area contributed by atoms with Crippen molar-refractivity contribution in [2.24, 2.45) is 0 Å². The Morgan fingerprint density at radius 3 is 2.25 bits per heavy atom. The summed E-state index contributed by atoms with van der Waals surface area (Å²) in [6.07, 6.45) is 0. The molecular formula is C5H4O2S. The van der Waals surface area contributed by atoms with Crippen LogP contribution >= 0.6 is 11.8 Å². The topological polar surface area (TPSA) is 34.1 Å². The van der Waals surface area contributed by atoms with Crippen LogP contribution in [0.3, 0.4) is 0 Å². The third kappa shape index (κ3) is 0.690. The summed E-state index contributed by atoms with van der Waals surface area (Å²) in [4.78, 5) is 20.9. The average molecular weight is 128 g/mol. The summed E-state index contributed by atoms with van der Waals surface area (Å²) in [5, 5.41) is -0.171. The molecule has 3 heteroatoms. The number of hydrogen-bond donors (Lipinski definition) is 0. The van der Waals surface area contributed by atoms with Gasteiger partial charge in [-0.05, 0) is 0 Å². The smallest absolute Gasteiger partial charge is 0.222 e. The van der Waals surface area contributed by atoms with E-state index in [0.717, 1.165) is 11.8 Å². The first-order chi connectivity index (χ1) is 3.72. The van der Waals surface area contributed by atoms with Crippen LogP contribution in [0.4, 0.5) is 0 Å². The van der Waals surface area contributed by atoms with Gasteiger partial charge in [0.05, 0.1) is 11.3 Å². The molecular weight excluding hydrogens is 124 g/mol. The van der Waals surface area contributed by atoms with Gasteiger partial charge in [0.15, 0.2) is 5.78 Å². The highest BCUT2D eigenvalue weighted by Crippen LogP contribution is 2.19. The van der Waals surface area contributed by atoms with Crippen LogP contribution in [0.2, 0.25) is 0 Å². The van der Waals surface area contributed by atoms with Crippen LogP contribution in [0.1, 0.15) is 0 Å². The quantitative estimate of drug-likeness (QED) is 0.349. The molecule has 0 radical (unpaired) electrons. The number of thioether (sulfide) groups is 1. The van der Waals surface area contributed by atoms with Gasteiger partial charge < -0.3 is 0 Å². The van der Waals surface area contributed by atoms with Gasteiger partial charge in [-0.25, -0.2) is 0 Å². The van der Waals surface area contributed by atoms with E-state index >= 15 is 0 Å². The Hall–Kier alpha value is -0.570. The van der Waals surface area contributed by atoms with Crippen LogP contribution in [0.5, 0.6) is 0 Å². The zero-order chi connectivity index (χ0) is 6.15. The van der Waals surface area contributed by atoms with Gasteiger partial charge in [0.25, 0.3) is 0 Å². The predicted molar refractivity (Wildman–Crippen MR) is 31.6 cm³/mol. The summed E-state index contributed by atoms with van der Waals surface area (Å²) in [6.45, 7) is 3.30. The molecule has 0 amide bonds. The second-order valence-electron chi connectivity index (χ2n) is 1.48. The fourth-order valence-corrected chi connectivity index (χ4v) is 1.14. The number of hydrogen-bond acceptors (Lipinski definition) is 3. The molecule has 0 aromatic rings. The van der Waals surface area contributed by atoms with Crippen molar-refractivity contribution in [2.75, 3.05) is 5.75 Å². The van der Waals surface area contributed by atoms with Gasteiger partial charge >= 0.3 is 0 Å². The minimum absolute atomic E-state index is 0.125. The lowest BCUT2D eigenvalue weighted by molar-refractivity contribution is -0.115. The predicted octanol–water partition coefficient (Wildman–Crippen LogP) is 0.385. The molecule has 1 heterocycles. The molecule has 0 spiro atoms. The maximum Gasteiger partial charge on any atom is 0.222 e. The summed E-state index contributed by atoms with van der Waals surface area (Å²) < 4.78 is 0. The first-order valence-electron chi connectivity index (χ1n) is 2.11. The zero-order valence-corrected chi connectivity index (χ0v) is 4.96. The molecule has 42 valence electrons. The van der Waals surface area contributed by atoms with Crippen LogP contribution in [0, 0.1) is 0 Å². The number of ketones is 1. The summed E-state index contributed by atoms with van der Waals surface area (Å²) in [5.74, 6) is 0.164. The standard InChI is InChI=1S/C5H4O2S/c1-3-4(6)2-8-5(3)7/h1-2H2. The lowest BCUT2D eigenvalue weighted by Gasteiger charge is -1.78. The van der Waals surface area contributed by atoms with Crippen molar-refractivity contribution < 1.29 is 9.59 Å². The molecule has 1 aliphatic heterocycles. The van der Waals surface area contributed by atoms with E-state index in [1.165, 1.54) is 0 Å². The SMILES string of the molecule is C=C1C(=O)CSC1=O. The molecule has 0 aromatic heterocycles. The molecule has 0 unspecified atom stereocenters. The minimum atomic E-state index is -0.171. The Balaban J connectivity index is 2.86. The Kier molecular flexibility index (Phi) is 1.21. The molecule has 2 nitrogen and oxygen atoms in total. The highest BCUT2D eigenvalue weighted by molar-refractivity contribution is 8.15. The van der Waals surface area contributed by atoms with Gasteiger partial charge in [0.1, 0.15) is 0 Å². The van der Waals surface area contributed by atoms with E-state index < -0.39 is 0 Å². The third-order valence-electron chi connectivity index (χ3n) is 0.917. The van der Waals surface area contributed by atoms with E-state index in [9.17, 15) is 9.59 Å². The zero-order valence-electron chi connectivity index (χ0n) is 4.14. The highest BCUT2D eigenvalue weighted by atomic mass is 32.2. The highest BCUT2D eigenvalue weighted by Gasteiger charge is 2.24. The number of rotatable bonds is 0. The van der Waals surface area contributed by atoms with Crippen LogP contribution < -0.4 is 0 Å². The molecule has 0 aromatic carbocycles. The summed E-state index contributed by atoms with van der Waals surface area (Å²) >= 11 is 1.03. The Labute approximate surface area is 50.9 Å². The van der Waals surface area contributed by atoms with Crippen LogP contribution in [-0.2, 0) is 9.59 Å². The van der Waals surface area contributed by atoms with Crippen molar-refractivity contribution in [1.29, 1.82) is 0 Å². The average Bonchev–Trinajstić information content (AvgIpc) is 1.98. The lowest BCUT2D eigenvalue weighted by atomic mass is 10.2. The fourth-order valence-electron chi connectivity index (χ4n) is 0.419. The van der Waals surface area contributed by atoms with E-state index in [4.69, 9.17) is 0 Å². The van der Waals surface area contributed by atoms with Crippen molar-refractivity contribution in [2.45, 2.75) is 0 Å². The molecule has 0 bridgehead atoms. The Morgan fingerprint density at radius 2 is 2.12 bits per heavy atom. The molecule has 8 heavy (non-hydrogen) atoms. The maximum absolute atomic E-state index is 10.4. The van der Waals surface area contributed by atoms with E-state index in [2.05, 4.69) is 6.58 Å². The summed E-state index contributed by atoms with van der Waals surface area (Å²) in [7, 11) is 0. The molecule has 0 N–H and O–H groups in total. The van der Waals surface area contributed by atoms with E-state index in [0.29, 0.717) is 0 Å². The maximum atomic E-state index is 10.4. The van der Waals surface area contributed by atoms with E-state index in [-0.39, 0.29) is 22.2 Å².